The maximum Gasteiger partial charge on any atom is 0.220 e. The second kappa shape index (κ2) is 4.79. The van der Waals surface area contributed by atoms with Gasteiger partial charge in [-0.05, 0) is 19.4 Å². The molecule has 1 N–H and O–H groups in total. The van der Waals surface area contributed by atoms with Crippen LogP contribution in [0.1, 0.15) is 20.8 Å². The lowest BCUT2D eigenvalue weighted by Crippen LogP contribution is -2.11. The van der Waals surface area contributed by atoms with E-state index >= 15 is 0 Å². The number of nitrogens with one attached hydrogen (secondary N) is 1. The minimum atomic E-state index is -0.0381. The zero-order valence-corrected chi connectivity index (χ0v) is 6.64. The van der Waals surface area contributed by atoms with Crippen LogP contribution in [0.2, 0.25) is 0 Å². The first-order valence-corrected chi connectivity index (χ1v) is 3.23. The van der Waals surface area contributed by atoms with Gasteiger partial charge in [-0.25, -0.2) is 0 Å². The third-order valence-electron chi connectivity index (χ3n) is 0.933. The molecule has 0 atom stereocenters. The van der Waals surface area contributed by atoms with Crippen molar-refractivity contribution in [2.75, 3.05) is 0 Å². The van der Waals surface area contributed by atoms with E-state index < -0.39 is 0 Å². The molecule has 0 saturated heterocycles. The van der Waals surface area contributed by atoms with Gasteiger partial charge in [0.2, 0.25) is 5.91 Å². The van der Waals surface area contributed by atoms with E-state index in [9.17, 15) is 4.79 Å². The van der Waals surface area contributed by atoms with Crippen molar-refractivity contribution in [3.05, 3.63) is 23.9 Å². The Bertz CT molecular complexity index is 168. The minimum Gasteiger partial charge on any atom is -0.333 e. The summed E-state index contributed by atoms with van der Waals surface area (Å²) in [5.74, 6) is -0.0381. The van der Waals surface area contributed by atoms with Crippen molar-refractivity contribution in [3.8, 4) is 0 Å². The van der Waals surface area contributed by atoms with Gasteiger partial charge in [-0.1, -0.05) is 12.2 Å². The summed E-state index contributed by atoms with van der Waals surface area (Å²) >= 11 is 0. The molecule has 2 heteroatoms. The summed E-state index contributed by atoms with van der Waals surface area (Å²) in [5, 5.41) is 2.58. The van der Waals surface area contributed by atoms with Crippen LogP contribution in [0.25, 0.3) is 0 Å². The molecule has 0 aromatic heterocycles. The molecule has 0 aliphatic rings. The van der Waals surface area contributed by atoms with Gasteiger partial charge in [-0.15, -0.1) is 0 Å². The van der Waals surface area contributed by atoms with Crippen LogP contribution in [-0.4, -0.2) is 5.91 Å². The summed E-state index contributed by atoms with van der Waals surface area (Å²) in [6, 6.07) is 0. The fraction of sp³-hybridized carbons (Fsp3) is 0.375. The molecule has 2 nitrogen and oxygen atoms in total. The van der Waals surface area contributed by atoms with Gasteiger partial charge in [-0.2, -0.15) is 0 Å². The first-order chi connectivity index (χ1) is 4.66. The molecule has 56 valence electrons. The summed E-state index contributed by atoms with van der Waals surface area (Å²) in [6.07, 6.45) is 5.53. The number of carbonyl (C=O) groups excluding carboxylic acids is 1. The number of hydrogen-bond acceptors (Lipinski definition) is 1. The zero-order valence-electron chi connectivity index (χ0n) is 6.64. The van der Waals surface area contributed by atoms with Crippen molar-refractivity contribution in [1.82, 2.24) is 5.32 Å². The predicted molar refractivity (Wildman–Crippen MR) is 42.4 cm³/mol. The Hall–Kier alpha value is -1.05. The Morgan fingerprint density at radius 2 is 2.00 bits per heavy atom. The third-order valence-corrected chi connectivity index (χ3v) is 0.933. The summed E-state index contributed by atoms with van der Waals surface area (Å²) in [7, 11) is 0. The van der Waals surface area contributed by atoms with E-state index in [-0.39, 0.29) is 5.91 Å². The molecule has 10 heavy (non-hydrogen) atoms. The van der Waals surface area contributed by atoms with Gasteiger partial charge >= 0.3 is 0 Å². The SMILES string of the molecule is C/C=C/C(C)=C/NC(C)=O. The highest BCUT2D eigenvalue weighted by molar-refractivity contribution is 5.74. The van der Waals surface area contributed by atoms with Crippen LogP contribution in [0.15, 0.2) is 23.9 Å². The lowest BCUT2D eigenvalue weighted by atomic mass is 10.3. The molecular formula is C8H13NO. The molecule has 0 aromatic carbocycles. The summed E-state index contributed by atoms with van der Waals surface area (Å²) in [6.45, 7) is 5.35. The number of hydrogen-bond donors (Lipinski definition) is 1. The quantitative estimate of drug-likeness (QED) is 0.578. The zero-order chi connectivity index (χ0) is 7.98. The van der Waals surface area contributed by atoms with Gasteiger partial charge in [0.1, 0.15) is 0 Å². The highest BCUT2D eigenvalue weighted by Gasteiger charge is 1.83. The van der Waals surface area contributed by atoms with Crippen LogP contribution in [0.3, 0.4) is 0 Å². The van der Waals surface area contributed by atoms with Crippen LogP contribution < -0.4 is 5.32 Å². The molecule has 0 bridgehead atoms. The maximum atomic E-state index is 10.4. The Morgan fingerprint density at radius 1 is 1.40 bits per heavy atom. The normalized spacial score (nSPS) is 12.1. The number of allylic oxidation sites excluding steroid dienone is 3. The largest absolute Gasteiger partial charge is 0.333 e. The standard InChI is InChI=1S/C8H13NO/c1-4-5-7(2)6-9-8(3)10/h4-6H,1-3H3,(H,9,10)/b5-4+,7-6+. The average molecular weight is 139 g/mol. The van der Waals surface area contributed by atoms with Crippen molar-refractivity contribution in [3.63, 3.8) is 0 Å². The fourth-order valence-corrected chi connectivity index (χ4v) is 0.526. The van der Waals surface area contributed by atoms with E-state index in [1.165, 1.54) is 6.92 Å². The molecule has 1 amide bonds. The first kappa shape index (κ1) is 8.95. The van der Waals surface area contributed by atoms with E-state index in [4.69, 9.17) is 0 Å². The van der Waals surface area contributed by atoms with E-state index in [0.717, 1.165) is 5.57 Å². The van der Waals surface area contributed by atoms with E-state index in [0.29, 0.717) is 0 Å². The molecule has 0 rings (SSSR count). The van der Waals surface area contributed by atoms with Crippen LogP contribution >= 0.6 is 0 Å². The van der Waals surface area contributed by atoms with Crippen molar-refractivity contribution >= 4 is 5.91 Å². The third kappa shape index (κ3) is 5.09. The average Bonchev–Trinajstić information content (AvgIpc) is 1.85. The Morgan fingerprint density at radius 3 is 2.40 bits per heavy atom. The Balaban J connectivity index is 3.80. The van der Waals surface area contributed by atoms with Gasteiger partial charge in [0.25, 0.3) is 0 Å². The van der Waals surface area contributed by atoms with Crippen molar-refractivity contribution in [1.29, 1.82) is 0 Å². The lowest BCUT2D eigenvalue weighted by molar-refractivity contribution is -0.118. The van der Waals surface area contributed by atoms with Crippen LogP contribution in [0.4, 0.5) is 0 Å². The van der Waals surface area contributed by atoms with Crippen molar-refractivity contribution in [2.24, 2.45) is 0 Å². The molecular weight excluding hydrogens is 126 g/mol. The molecule has 0 aliphatic carbocycles. The second-order valence-electron chi connectivity index (χ2n) is 2.09. The van der Waals surface area contributed by atoms with Gasteiger partial charge in [-0.3, -0.25) is 4.79 Å². The van der Waals surface area contributed by atoms with Gasteiger partial charge in [0, 0.05) is 13.1 Å². The van der Waals surface area contributed by atoms with Gasteiger partial charge < -0.3 is 5.32 Å². The molecule has 0 fully saturated rings. The summed E-state index contributed by atoms with van der Waals surface area (Å²) in [4.78, 5) is 10.4. The minimum absolute atomic E-state index is 0.0381. The topological polar surface area (TPSA) is 29.1 Å². The van der Waals surface area contributed by atoms with Gasteiger partial charge in [0.05, 0.1) is 0 Å². The fourth-order valence-electron chi connectivity index (χ4n) is 0.526. The Labute approximate surface area is 61.6 Å². The Kier molecular flexibility index (Phi) is 4.29. The van der Waals surface area contributed by atoms with E-state index in [2.05, 4.69) is 5.32 Å². The number of amides is 1. The molecule has 0 unspecified atom stereocenters. The van der Waals surface area contributed by atoms with Crippen molar-refractivity contribution < 1.29 is 4.79 Å². The van der Waals surface area contributed by atoms with Crippen molar-refractivity contribution in [2.45, 2.75) is 20.8 Å². The first-order valence-electron chi connectivity index (χ1n) is 3.23. The molecule has 0 radical (unpaired) electrons. The number of carbonyl (C=O) groups is 1. The molecule has 0 heterocycles. The molecule has 0 aromatic rings. The molecule has 0 saturated carbocycles. The second-order valence-corrected chi connectivity index (χ2v) is 2.09. The van der Waals surface area contributed by atoms with Crippen LogP contribution in [0.5, 0.6) is 0 Å². The van der Waals surface area contributed by atoms with E-state index in [1.807, 2.05) is 26.0 Å². The summed E-state index contributed by atoms with van der Waals surface area (Å²) in [5.41, 5.74) is 1.04. The lowest BCUT2D eigenvalue weighted by Gasteiger charge is -1.92. The highest BCUT2D eigenvalue weighted by Crippen LogP contribution is 1.90. The summed E-state index contributed by atoms with van der Waals surface area (Å²) < 4.78 is 0. The van der Waals surface area contributed by atoms with Crippen LogP contribution in [0, 0.1) is 0 Å². The van der Waals surface area contributed by atoms with Crippen LogP contribution in [-0.2, 0) is 4.79 Å². The number of rotatable bonds is 2. The molecule has 0 aliphatic heterocycles. The van der Waals surface area contributed by atoms with Gasteiger partial charge in [0.15, 0.2) is 0 Å². The smallest absolute Gasteiger partial charge is 0.220 e. The maximum absolute atomic E-state index is 10.4. The highest BCUT2D eigenvalue weighted by atomic mass is 16.1. The monoisotopic (exact) mass is 139 g/mol. The molecule has 0 spiro atoms. The predicted octanol–water partition coefficient (Wildman–Crippen LogP) is 1.60. The van der Waals surface area contributed by atoms with E-state index in [1.54, 1.807) is 6.20 Å².